The van der Waals surface area contributed by atoms with E-state index in [0.717, 1.165) is 18.2 Å². The van der Waals surface area contributed by atoms with Gasteiger partial charge in [0.05, 0.1) is 0 Å². The van der Waals surface area contributed by atoms with E-state index in [1.165, 1.54) is 6.07 Å². The fraction of sp³-hybridized carbons (Fsp3) is 0.231. The van der Waals surface area contributed by atoms with Gasteiger partial charge >= 0.3 is 0 Å². The minimum absolute atomic E-state index is 0.0306. The van der Waals surface area contributed by atoms with Crippen LogP contribution in [0.5, 0.6) is 11.6 Å². The number of aromatic nitrogens is 2. The van der Waals surface area contributed by atoms with Crippen molar-refractivity contribution < 1.29 is 13.5 Å². The van der Waals surface area contributed by atoms with Crippen LogP contribution in [-0.2, 0) is 0 Å². The zero-order valence-corrected chi connectivity index (χ0v) is 11.0. The summed E-state index contributed by atoms with van der Waals surface area (Å²) in [5.41, 5.74) is 2.38. The Morgan fingerprint density at radius 3 is 2.60 bits per heavy atom. The molecule has 5 nitrogen and oxygen atoms in total. The van der Waals surface area contributed by atoms with Gasteiger partial charge in [-0.05, 0) is 12.1 Å². The predicted molar refractivity (Wildman–Crippen MR) is 70.4 cm³/mol. The molecule has 0 aliphatic rings. The largest absolute Gasteiger partial charge is 0.436 e. The lowest BCUT2D eigenvalue weighted by Gasteiger charge is -2.11. The Morgan fingerprint density at radius 1 is 1.20 bits per heavy atom. The van der Waals surface area contributed by atoms with E-state index < -0.39 is 11.6 Å². The average Bonchev–Trinajstić information content (AvgIpc) is 2.42. The van der Waals surface area contributed by atoms with Gasteiger partial charge in [-0.25, -0.2) is 19.6 Å². The number of nitrogens with two attached hydrogens (primary N) is 1. The second-order valence-electron chi connectivity index (χ2n) is 4.43. The molecule has 0 amide bonds. The zero-order valence-electron chi connectivity index (χ0n) is 11.0. The summed E-state index contributed by atoms with van der Waals surface area (Å²) < 4.78 is 31.9. The first-order valence-electron chi connectivity index (χ1n) is 5.98. The fourth-order valence-corrected chi connectivity index (χ4v) is 1.50. The van der Waals surface area contributed by atoms with Crippen LogP contribution in [0.4, 0.5) is 14.6 Å². The van der Waals surface area contributed by atoms with Gasteiger partial charge in [-0.2, -0.15) is 4.98 Å². The van der Waals surface area contributed by atoms with Crippen molar-refractivity contribution in [3.05, 3.63) is 41.7 Å². The molecule has 1 aromatic heterocycles. The Kier molecular flexibility index (Phi) is 4.09. The van der Waals surface area contributed by atoms with E-state index >= 15 is 0 Å². The average molecular weight is 280 g/mol. The molecule has 0 unspecified atom stereocenters. The van der Waals surface area contributed by atoms with Crippen LogP contribution >= 0.6 is 0 Å². The molecule has 0 fully saturated rings. The Hall–Kier alpha value is -2.28. The lowest BCUT2D eigenvalue weighted by atomic mass is 10.2. The molecule has 2 rings (SSSR count). The Balaban J connectivity index is 2.37. The van der Waals surface area contributed by atoms with Gasteiger partial charge in [-0.3, -0.25) is 0 Å². The van der Waals surface area contributed by atoms with E-state index in [4.69, 9.17) is 10.6 Å². The summed E-state index contributed by atoms with van der Waals surface area (Å²) >= 11 is 0. The van der Waals surface area contributed by atoms with Gasteiger partial charge in [0.15, 0.2) is 11.6 Å². The Bertz CT molecular complexity index is 619. The summed E-state index contributed by atoms with van der Waals surface area (Å²) in [6, 6.07) is 4.34. The first-order valence-corrected chi connectivity index (χ1v) is 5.98. The van der Waals surface area contributed by atoms with E-state index in [0.29, 0.717) is 11.6 Å². The number of nitrogens with zero attached hydrogens (tertiary/aromatic N) is 2. The van der Waals surface area contributed by atoms with Gasteiger partial charge in [-0.15, -0.1) is 0 Å². The molecular formula is C13H14F2N4O. The molecule has 0 aliphatic heterocycles. The Labute approximate surface area is 114 Å². The molecular weight excluding hydrogens is 266 g/mol. The predicted octanol–water partition coefficient (Wildman–Crippen LogP) is 2.96. The second kappa shape index (κ2) is 5.79. The Morgan fingerprint density at radius 2 is 1.95 bits per heavy atom. The molecule has 1 heterocycles. The first kappa shape index (κ1) is 14.1. The number of ether oxygens (including phenoxy) is 1. The minimum Gasteiger partial charge on any atom is -0.436 e. The SMILES string of the molecule is CC(C)c1nc(NN)cc(Oc2cc(F)ccc2F)n1. The van der Waals surface area contributed by atoms with Crippen molar-refractivity contribution in [3.63, 3.8) is 0 Å². The van der Waals surface area contributed by atoms with Crippen LogP contribution in [0.3, 0.4) is 0 Å². The zero-order chi connectivity index (χ0) is 14.7. The van der Waals surface area contributed by atoms with Crippen LogP contribution in [0.2, 0.25) is 0 Å². The number of benzene rings is 1. The first-order chi connectivity index (χ1) is 9.49. The topological polar surface area (TPSA) is 73.1 Å². The molecule has 0 radical (unpaired) electrons. The highest BCUT2D eigenvalue weighted by Gasteiger charge is 2.12. The maximum Gasteiger partial charge on any atom is 0.224 e. The number of halogens is 2. The normalized spacial score (nSPS) is 10.7. The third kappa shape index (κ3) is 3.18. The molecule has 0 spiro atoms. The van der Waals surface area contributed by atoms with E-state index in [-0.39, 0.29) is 17.5 Å². The van der Waals surface area contributed by atoms with E-state index in [2.05, 4.69) is 15.4 Å². The van der Waals surface area contributed by atoms with Crippen molar-refractivity contribution in [3.8, 4) is 11.6 Å². The number of rotatable bonds is 4. The smallest absolute Gasteiger partial charge is 0.224 e. The molecule has 20 heavy (non-hydrogen) atoms. The molecule has 0 saturated heterocycles. The van der Waals surface area contributed by atoms with Gasteiger partial charge < -0.3 is 10.2 Å². The number of nitrogen functional groups attached to an aromatic ring is 1. The van der Waals surface area contributed by atoms with Crippen LogP contribution < -0.4 is 16.0 Å². The summed E-state index contributed by atoms with van der Waals surface area (Å²) in [6.45, 7) is 3.78. The van der Waals surface area contributed by atoms with Gasteiger partial charge in [0.2, 0.25) is 5.88 Å². The number of hydrazine groups is 1. The second-order valence-corrected chi connectivity index (χ2v) is 4.43. The van der Waals surface area contributed by atoms with Gasteiger partial charge in [0, 0.05) is 18.1 Å². The molecule has 7 heteroatoms. The van der Waals surface area contributed by atoms with E-state index in [1.807, 2.05) is 13.8 Å². The number of hydrogen-bond donors (Lipinski definition) is 2. The number of anilines is 1. The third-order valence-electron chi connectivity index (χ3n) is 2.49. The highest BCUT2D eigenvalue weighted by Crippen LogP contribution is 2.26. The van der Waals surface area contributed by atoms with Crippen LogP contribution in [0.15, 0.2) is 24.3 Å². The third-order valence-corrected chi connectivity index (χ3v) is 2.49. The van der Waals surface area contributed by atoms with E-state index in [1.54, 1.807) is 0 Å². The quantitative estimate of drug-likeness (QED) is 0.665. The lowest BCUT2D eigenvalue weighted by molar-refractivity contribution is 0.419. The van der Waals surface area contributed by atoms with Crippen molar-refractivity contribution in [2.45, 2.75) is 19.8 Å². The molecule has 0 bridgehead atoms. The highest BCUT2D eigenvalue weighted by atomic mass is 19.1. The maximum absolute atomic E-state index is 13.5. The van der Waals surface area contributed by atoms with Crippen LogP contribution in [0, 0.1) is 11.6 Å². The summed E-state index contributed by atoms with van der Waals surface area (Å²) in [7, 11) is 0. The van der Waals surface area contributed by atoms with Crippen molar-refractivity contribution in [1.29, 1.82) is 0 Å². The van der Waals surface area contributed by atoms with Gasteiger partial charge in [0.25, 0.3) is 0 Å². The van der Waals surface area contributed by atoms with Crippen molar-refractivity contribution in [2.75, 3.05) is 5.43 Å². The van der Waals surface area contributed by atoms with Crippen LogP contribution in [-0.4, -0.2) is 9.97 Å². The lowest BCUT2D eigenvalue weighted by Crippen LogP contribution is -2.11. The summed E-state index contributed by atoms with van der Waals surface area (Å²) in [6.07, 6.45) is 0. The number of hydrogen-bond acceptors (Lipinski definition) is 5. The van der Waals surface area contributed by atoms with Crippen LogP contribution in [0.1, 0.15) is 25.6 Å². The molecule has 106 valence electrons. The monoisotopic (exact) mass is 280 g/mol. The standard InChI is InChI=1S/C13H14F2N4O/c1-7(2)13-17-11(19-16)6-12(18-13)20-10-5-8(14)3-4-9(10)15/h3-7H,16H2,1-2H3,(H,17,18,19). The molecule has 0 aliphatic carbocycles. The van der Waals surface area contributed by atoms with Crippen molar-refractivity contribution in [1.82, 2.24) is 9.97 Å². The fourth-order valence-electron chi connectivity index (χ4n) is 1.50. The van der Waals surface area contributed by atoms with Crippen LogP contribution in [0.25, 0.3) is 0 Å². The summed E-state index contributed by atoms with van der Waals surface area (Å²) in [5, 5.41) is 0. The van der Waals surface area contributed by atoms with Gasteiger partial charge in [-0.1, -0.05) is 13.8 Å². The van der Waals surface area contributed by atoms with Gasteiger partial charge in [0.1, 0.15) is 17.5 Å². The number of nitrogens with one attached hydrogen (secondary N) is 1. The van der Waals surface area contributed by atoms with E-state index in [9.17, 15) is 8.78 Å². The summed E-state index contributed by atoms with van der Waals surface area (Å²) in [4.78, 5) is 8.27. The molecule has 1 aromatic carbocycles. The van der Waals surface area contributed by atoms with Crippen molar-refractivity contribution in [2.24, 2.45) is 5.84 Å². The maximum atomic E-state index is 13.5. The molecule has 2 aromatic rings. The highest BCUT2D eigenvalue weighted by molar-refractivity contribution is 5.39. The molecule has 0 atom stereocenters. The summed E-state index contributed by atoms with van der Waals surface area (Å²) in [5.74, 6) is 4.70. The van der Waals surface area contributed by atoms with Crippen molar-refractivity contribution >= 4 is 5.82 Å². The molecule has 0 saturated carbocycles. The minimum atomic E-state index is -0.682. The molecule has 3 N–H and O–H groups in total.